The van der Waals surface area contributed by atoms with Crippen molar-refractivity contribution >= 4 is 46.6 Å². The van der Waals surface area contributed by atoms with E-state index < -0.39 is 23.8 Å². The van der Waals surface area contributed by atoms with E-state index in [9.17, 15) is 19.5 Å². The molecule has 3 aromatic carbocycles. The van der Waals surface area contributed by atoms with Gasteiger partial charge in [0.05, 0.1) is 23.9 Å². The number of nitrogens with one attached hydrogen (secondary N) is 1. The molecular formula is C28H24ClN3O4. The standard InChI is InChI=1S/C28H24ClN3O4/c29-19-11-13-21(14-12-19)32-24(15-10-18-6-2-1-3-7-18)25(27(32)35)30-20(17-33)16-31-23-9-5-4-8-22(23)26(34)28(31)36/h1-15,20,24-25,30,33H,16-17H2/b15-10+/t20?,24-,25+/m1/s1. The van der Waals surface area contributed by atoms with Crippen LogP contribution in [0.25, 0.3) is 6.08 Å². The second-order valence-electron chi connectivity index (χ2n) is 8.73. The van der Waals surface area contributed by atoms with Crippen LogP contribution in [-0.2, 0) is 9.59 Å². The minimum atomic E-state index is -0.639. The summed E-state index contributed by atoms with van der Waals surface area (Å²) < 4.78 is 0. The van der Waals surface area contributed by atoms with Gasteiger partial charge in [-0.15, -0.1) is 0 Å². The van der Waals surface area contributed by atoms with Gasteiger partial charge in [-0.2, -0.15) is 0 Å². The Morgan fingerprint density at radius 3 is 2.36 bits per heavy atom. The number of ketones is 1. The highest BCUT2D eigenvalue weighted by molar-refractivity contribution is 6.52. The molecule has 1 saturated heterocycles. The van der Waals surface area contributed by atoms with Crippen LogP contribution < -0.4 is 15.1 Å². The number of para-hydroxylation sites is 1. The number of hydrogen-bond acceptors (Lipinski definition) is 5. The molecule has 3 atom stereocenters. The van der Waals surface area contributed by atoms with Crippen LogP contribution in [-0.4, -0.2) is 54.0 Å². The van der Waals surface area contributed by atoms with Gasteiger partial charge < -0.3 is 14.9 Å². The molecule has 0 aromatic heterocycles. The fourth-order valence-electron chi connectivity index (χ4n) is 4.62. The van der Waals surface area contributed by atoms with Gasteiger partial charge in [0.2, 0.25) is 5.91 Å². The van der Waals surface area contributed by atoms with Crippen LogP contribution >= 0.6 is 11.6 Å². The van der Waals surface area contributed by atoms with Crippen molar-refractivity contribution in [3.63, 3.8) is 0 Å². The summed E-state index contributed by atoms with van der Waals surface area (Å²) in [6.45, 7) is -0.266. The summed E-state index contributed by atoms with van der Waals surface area (Å²) in [5.41, 5.74) is 2.55. The Labute approximate surface area is 213 Å². The molecule has 1 unspecified atom stereocenters. The van der Waals surface area contributed by atoms with Crippen LogP contribution in [0.3, 0.4) is 0 Å². The van der Waals surface area contributed by atoms with Gasteiger partial charge in [0.25, 0.3) is 11.7 Å². The van der Waals surface area contributed by atoms with E-state index in [1.807, 2.05) is 42.5 Å². The molecule has 1 fully saturated rings. The van der Waals surface area contributed by atoms with Crippen molar-refractivity contribution in [1.82, 2.24) is 5.32 Å². The van der Waals surface area contributed by atoms with E-state index in [1.54, 1.807) is 53.4 Å². The molecule has 2 amide bonds. The molecule has 182 valence electrons. The third-order valence-corrected chi connectivity index (χ3v) is 6.70. The number of carbonyl (C=O) groups excluding carboxylic acids is 3. The van der Waals surface area contributed by atoms with Gasteiger partial charge in [-0.25, -0.2) is 0 Å². The van der Waals surface area contributed by atoms with Gasteiger partial charge in [0.15, 0.2) is 0 Å². The van der Waals surface area contributed by atoms with Gasteiger partial charge in [-0.1, -0.05) is 66.2 Å². The Bertz CT molecular complexity index is 1330. The minimum Gasteiger partial charge on any atom is -0.395 e. The third kappa shape index (κ3) is 4.44. The number of β-lactam (4-membered cyclic amide) rings is 1. The molecule has 5 rings (SSSR count). The van der Waals surface area contributed by atoms with Gasteiger partial charge in [0, 0.05) is 23.3 Å². The number of aliphatic hydroxyl groups excluding tert-OH is 1. The summed E-state index contributed by atoms with van der Waals surface area (Å²) in [7, 11) is 0. The van der Waals surface area contributed by atoms with Crippen LogP contribution in [0, 0.1) is 0 Å². The predicted octanol–water partition coefficient (Wildman–Crippen LogP) is 3.32. The first-order chi connectivity index (χ1) is 17.5. The molecule has 0 saturated carbocycles. The highest BCUT2D eigenvalue weighted by atomic mass is 35.5. The van der Waals surface area contributed by atoms with E-state index >= 15 is 0 Å². The number of anilines is 2. The number of halogens is 1. The average molecular weight is 502 g/mol. The Morgan fingerprint density at radius 1 is 0.944 bits per heavy atom. The van der Waals surface area contributed by atoms with Gasteiger partial charge in [-0.3, -0.25) is 19.7 Å². The van der Waals surface area contributed by atoms with E-state index in [0.717, 1.165) is 5.56 Å². The number of rotatable bonds is 8. The summed E-state index contributed by atoms with van der Waals surface area (Å²) in [5, 5.41) is 13.9. The predicted molar refractivity (Wildman–Crippen MR) is 139 cm³/mol. The first-order valence-electron chi connectivity index (χ1n) is 11.6. The van der Waals surface area contributed by atoms with E-state index in [4.69, 9.17) is 11.6 Å². The minimum absolute atomic E-state index is 0.0535. The smallest absolute Gasteiger partial charge is 0.299 e. The van der Waals surface area contributed by atoms with Crippen molar-refractivity contribution in [2.45, 2.75) is 18.1 Å². The molecule has 0 radical (unpaired) electrons. The monoisotopic (exact) mass is 501 g/mol. The third-order valence-electron chi connectivity index (χ3n) is 6.45. The maximum atomic E-state index is 13.3. The summed E-state index contributed by atoms with van der Waals surface area (Å²) in [6, 6.07) is 22.0. The molecular weight excluding hydrogens is 478 g/mol. The van der Waals surface area contributed by atoms with Gasteiger partial charge in [0.1, 0.15) is 6.04 Å². The zero-order valence-corrected chi connectivity index (χ0v) is 20.0. The Kier molecular flexibility index (Phi) is 6.69. The van der Waals surface area contributed by atoms with E-state index in [-0.39, 0.29) is 25.1 Å². The molecule has 2 N–H and O–H groups in total. The largest absolute Gasteiger partial charge is 0.395 e. The lowest BCUT2D eigenvalue weighted by atomic mass is 9.91. The van der Waals surface area contributed by atoms with Crippen LogP contribution in [0.4, 0.5) is 11.4 Å². The number of benzene rings is 3. The molecule has 0 bridgehead atoms. The zero-order valence-electron chi connectivity index (χ0n) is 19.3. The Balaban J connectivity index is 1.37. The van der Waals surface area contributed by atoms with E-state index in [0.29, 0.717) is 22.0 Å². The molecule has 36 heavy (non-hydrogen) atoms. The molecule has 3 aromatic rings. The zero-order chi connectivity index (χ0) is 25.2. The summed E-state index contributed by atoms with van der Waals surface area (Å²) in [5.74, 6) is -1.37. The highest BCUT2D eigenvalue weighted by Gasteiger charge is 2.48. The quantitative estimate of drug-likeness (QED) is 0.365. The second kappa shape index (κ2) is 10.1. The van der Waals surface area contributed by atoms with Gasteiger partial charge in [-0.05, 0) is 42.0 Å². The van der Waals surface area contributed by atoms with Crippen molar-refractivity contribution in [3.8, 4) is 0 Å². The van der Waals surface area contributed by atoms with Crippen molar-refractivity contribution in [2.24, 2.45) is 0 Å². The fraction of sp³-hybridized carbons (Fsp3) is 0.179. The molecule has 7 nitrogen and oxygen atoms in total. The number of amides is 2. The molecule has 0 aliphatic carbocycles. The molecule has 2 aliphatic rings. The fourth-order valence-corrected chi connectivity index (χ4v) is 4.74. The summed E-state index contributed by atoms with van der Waals surface area (Å²) in [6.07, 6.45) is 3.89. The number of aliphatic hydroxyl groups is 1. The van der Waals surface area contributed by atoms with Crippen molar-refractivity contribution in [3.05, 3.63) is 101 Å². The Hall–Kier alpha value is -3.78. The van der Waals surface area contributed by atoms with E-state index in [2.05, 4.69) is 5.32 Å². The second-order valence-corrected chi connectivity index (χ2v) is 9.17. The lowest BCUT2D eigenvalue weighted by molar-refractivity contribution is -0.126. The topological polar surface area (TPSA) is 90.0 Å². The van der Waals surface area contributed by atoms with Crippen molar-refractivity contribution < 1.29 is 19.5 Å². The molecule has 0 spiro atoms. The number of carbonyl (C=O) groups is 3. The van der Waals surface area contributed by atoms with Gasteiger partial charge >= 0.3 is 0 Å². The van der Waals surface area contributed by atoms with E-state index in [1.165, 1.54) is 4.90 Å². The van der Waals surface area contributed by atoms with Crippen LogP contribution in [0.1, 0.15) is 15.9 Å². The first-order valence-corrected chi connectivity index (χ1v) is 12.0. The molecule has 8 heteroatoms. The average Bonchev–Trinajstić information content (AvgIpc) is 3.15. The maximum Gasteiger partial charge on any atom is 0.299 e. The van der Waals surface area contributed by atoms with Crippen molar-refractivity contribution in [1.29, 1.82) is 0 Å². The molecule has 2 aliphatic heterocycles. The number of Topliss-reactive ketones (excluding diaryl/α,β-unsaturated/α-hetero) is 1. The Morgan fingerprint density at radius 2 is 1.64 bits per heavy atom. The summed E-state index contributed by atoms with van der Waals surface area (Å²) in [4.78, 5) is 41.2. The lowest BCUT2D eigenvalue weighted by Gasteiger charge is -2.47. The SMILES string of the molecule is O=C1C(=O)N(CC(CO)N[C@@H]2C(=O)N(c3ccc(Cl)cc3)[C@@H]2/C=C/c2ccccc2)c2ccccc21. The lowest BCUT2D eigenvalue weighted by Crippen LogP contribution is -2.72. The van der Waals surface area contributed by atoms with Crippen molar-refractivity contribution in [2.75, 3.05) is 23.0 Å². The number of fused-ring (bicyclic) bond motifs is 1. The highest BCUT2D eigenvalue weighted by Crippen LogP contribution is 2.32. The number of hydrogen-bond donors (Lipinski definition) is 2. The first kappa shape index (κ1) is 23.9. The molecule has 2 heterocycles. The number of nitrogens with zero attached hydrogens (tertiary/aromatic N) is 2. The van der Waals surface area contributed by atoms with Crippen LogP contribution in [0.15, 0.2) is 84.9 Å². The summed E-state index contributed by atoms with van der Waals surface area (Å²) >= 11 is 6.03. The van der Waals surface area contributed by atoms with Crippen LogP contribution in [0.5, 0.6) is 0 Å². The maximum absolute atomic E-state index is 13.3. The normalized spacial score (nSPS) is 20.1. The van der Waals surface area contributed by atoms with Crippen LogP contribution in [0.2, 0.25) is 5.02 Å².